The lowest BCUT2D eigenvalue weighted by atomic mass is 10.2. The number of carbonyl (C=O) groups is 1. The van der Waals surface area contributed by atoms with Crippen LogP contribution in [0.3, 0.4) is 0 Å². The van der Waals surface area contributed by atoms with E-state index in [2.05, 4.69) is 10.0 Å². The lowest BCUT2D eigenvalue weighted by Crippen LogP contribution is -2.25. The molecule has 0 radical (unpaired) electrons. The number of rotatable bonds is 8. The monoisotopic (exact) mass is 325 g/mol. The molecule has 4 N–H and O–H groups in total. The highest BCUT2D eigenvalue weighted by Crippen LogP contribution is 2.28. The molecular weight excluding hydrogens is 302 g/mol. The number of nitrogens with one attached hydrogen (secondary N) is 2. The fourth-order valence-electron chi connectivity index (χ4n) is 1.93. The van der Waals surface area contributed by atoms with Gasteiger partial charge in [-0.25, -0.2) is 13.1 Å². The Bertz CT molecular complexity index is 607. The Morgan fingerprint density at radius 1 is 1.32 bits per heavy atom. The van der Waals surface area contributed by atoms with E-state index in [1.165, 1.54) is 12.1 Å². The zero-order chi connectivity index (χ0) is 16.2. The largest absolute Gasteiger partial charge is 0.328 e. The third-order valence-electron chi connectivity index (χ3n) is 3.53. The SMILES string of the molecule is CC(N)CCC(=O)Nc1ccc(S(=O)(=O)NCC2CC2)cc1. The summed E-state index contributed by atoms with van der Waals surface area (Å²) >= 11 is 0. The quantitative estimate of drug-likeness (QED) is 0.673. The fraction of sp³-hybridized carbons (Fsp3) is 0.533. The van der Waals surface area contributed by atoms with Gasteiger partial charge < -0.3 is 11.1 Å². The van der Waals surface area contributed by atoms with Gasteiger partial charge in [0.05, 0.1) is 4.90 Å². The smallest absolute Gasteiger partial charge is 0.240 e. The van der Waals surface area contributed by atoms with E-state index >= 15 is 0 Å². The predicted octanol–water partition coefficient (Wildman–Crippen LogP) is 1.44. The molecule has 1 amide bonds. The number of nitrogens with two attached hydrogens (primary N) is 1. The van der Waals surface area contributed by atoms with Gasteiger partial charge in [-0.1, -0.05) is 0 Å². The molecule has 6 nitrogen and oxygen atoms in total. The van der Waals surface area contributed by atoms with Gasteiger partial charge in [-0.05, 0) is 56.4 Å². The molecule has 1 atom stereocenters. The van der Waals surface area contributed by atoms with Crippen molar-refractivity contribution in [1.29, 1.82) is 0 Å². The molecule has 0 heterocycles. The predicted molar refractivity (Wildman–Crippen MR) is 85.9 cm³/mol. The van der Waals surface area contributed by atoms with Gasteiger partial charge in [0.15, 0.2) is 0 Å². The molecule has 1 saturated carbocycles. The molecule has 1 aromatic rings. The third-order valence-corrected chi connectivity index (χ3v) is 4.97. The summed E-state index contributed by atoms with van der Waals surface area (Å²) in [5, 5.41) is 2.73. The highest BCUT2D eigenvalue weighted by atomic mass is 32.2. The summed E-state index contributed by atoms with van der Waals surface area (Å²) in [4.78, 5) is 11.9. The van der Waals surface area contributed by atoms with E-state index in [0.29, 0.717) is 31.0 Å². The summed E-state index contributed by atoms with van der Waals surface area (Å²) in [6.07, 6.45) is 3.15. The Morgan fingerprint density at radius 3 is 2.50 bits per heavy atom. The van der Waals surface area contributed by atoms with Crippen LogP contribution in [0, 0.1) is 5.92 Å². The molecule has 0 aliphatic heterocycles. The fourth-order valence-corrected chi connectivity index (χ4v) is 3.05. The van der Waals surface area contributed by atoms with E-state index < -0.39 is 10.0 Å². The first kappa shape index (κ1) is 16.9. The molecule has 2 rings (SSSR count). The van der Waals surface area contributed by atoms with E-state index in [1.807, 2.05) is 6.92 Å². The van der Waals surface area contributed by atoms with Gasteiger partial charge >= 0.3 is 0 Å². The summed E-state index contributed by atoms with van der Waals surface area (Å²) in [6.45, 7) is 2.35. The van der Waals surface area contributed by atoms with Crippen LogP contribution in [0.2, 0.25) is 0 Å². The first-order valence-electron chi connectivity index (χ1n) is 7.52. The van der Waals surface area contributed by atoms with Crippen molar-refractivity contribution in [2.45, 2.75) is 43.5 Å². The first-order valence-corrected chi connectivity index (χ1v) is 9.00. The summed E-state index contributed by atoms with van der Waals surface area (Å²) in [5.41, 5.74) is 6.18. The zero-order valence-corrected chi connectivity index (χ0v) is 13.5. The van der Waals surface area contributed by atoms with E-state index in [1.54, 1.807) is 12.1 Å². The van der Waals surface area contributed by atoms with Crippen molar-refractivity contribution < 1.29 is 13.2 Å². The van der Waals surface area contributed by atoms with Crippen molar-refractivity contribution >= 4 is 21.6 Å². The molecule has 7 heteroatoms. The maximum Gasteiger partial charge on any atom is 0.240 e. The zero-order valence-electron chi connectivity index (χ0n) is 12.7. The van der Waals surface area contributed by atoms with Gasteiger partial charge in [0.1, 0.15) is 0 Å². The van der Waals surface area contributed by atoms with E-state index in [0.717, 1.165) is 12.8 Å². The highest BCUT2D eigenvalue weighted by molar-refractivity contribution is 7.89. The van der Waals surface area contributed by atoms with E-state index in [-0.39, 0.29) is 16.8 Å². The van der Waals surface area contributed by atoms with Gasteiger partial charge in [-0.15, -0.1) is 0 Å². The first-order chi connectivity index (χ1) is 10.4. The van der Waals surface area contributed by atoms with Crippen molar-refractivity contribution in [3.63, 3.8) is 0 Å². The van der Waals surface area contributed by atoms with Gasteiger partial charge in [0.2, 0.25) is 15.9 Å². The van der Waals surface area contributed by atoms with Crippen LogP contribution in [-0.4, -0.2) is 26.9 Å². The van der Waals surface area contributed by atoms with Crippen LogP contribution in [0.1, 0.15) is 32.6 Å². The Labute approximate surface area is 131 Å². The van der Waals surface area contributed by atoms with Crippen LogP contribution in [0.25, 0.3) is 0 Å². The van der Waals surface area contributed by atoms with Crippen LogP contribution < -0.4 is 15.8 Å². The van der Waals surface area contributed by atoms with Crippen LogP contribution in [0.5, 0.6) is 0 Å². The Morgan fingerprint density at radius 2 is 1.95 bits per heavy atom. The second kappa shape index (κ2) is 7.21. The standard InChI is InChI=1S/C15H23N3O3S/c1-11(16)2-9-15(19)18-13-5-7-14(8-6-13)22(20,21)17-10-12-3-4-12/h5-8,11-12,17H,2-4,9-10,16H2,1H3,(H,18,19). The third kappa shape index (κ3) is 5.40. The topological polar surface area (TPSA) is 101 Å². The van der Waals surface area contributed by atoms with E-state index in [4.69, 9.17) is 5.73 Å². The highest BCUT2D eigenvalue weighted by Gasteiger charge is 2.24. The molecule has 1 aliphatic rings. The van der Waals surface area contributed by atoms with Gasteiger partial charge in [0, 0.05) is 24.7 Å². The van der Waals surface area contributed by atoms with Crippen molar-refractivity contribution in [1.82, 2.24) is 4.72 Å². The van der Waals surface area contributed by atoms with Crippen molar-refractivity contribution in [2.75, 3.05) is 11.9 Å². The number of carbonyl (C=O) groups excluding carboxylic acids is 1. The van der Waals surface area contributed by atoms with Crippen LogP contribution in [0.15, 0.2) is 29.2 Å². The Balaban J connectivity index is 1.90. The summed E-state index contributed by atoms with van der Waals surface area (Å²) in [7, 11) is -3.46. The molecule has 0 bridgehead atoms. The van der Waals surface area contributed by atoms with Crippen LogP contribution in [-0.2, 0) is 14.8 Å². The minimum atomic E-state index is -3.46. The van der Waals surface area contributed by atoms with Gasteiger partial charge in [0.25, 0.3) is 0 Å². The molecule has 1 aliphatic carbocycles. The van der Waals surface area contributed by atoms with Crippen molar-refractivity contribution in [3.8, 4) is 0 Å². The molecule has 1 unspecified atom stereocenters. The summed E-state index contributed by atoms with van der Waals surface area (Å²) < 4.78 is 26.7. The number of hydrogen-bond acceptors (Lipinski definition) is 4. The molecule has 22 heavy (non-hydrogen) atoms. The molecule has 1 aromatic carbocycles. The number of sulfonamides is 1. The minimum absolute atomic E-state index is 0.0178. The second-order valence-corrected chi connectivity index (χ2v) is 7.65. The average Bonchev–Trinajstić information content (AvgIpc) is 3.28. The number of amides is 1. The average molecular weight is 325 g/mol. The Hall–Kier alpha value is -1.44. The van der Waals surface area contributed by atoms with Gasteiger partial charge in [-0.2, -0.15) is 0 Å². The van der Waals surface area contributed by atoms with Crippen molar-refractivity contribution in [3.05, 3.63) is 24.3 Å². The molecular formula is C15H23N3O3S. The summed E-state index contributed by atoms with van der Waals surface area (Å²) in [5.74, 6) is 0.359. The molecule has 0 aromatic heterocycles. The van der Waals surface area contributed by atoms with Crippen molar-refractivity contribution in [2.24, 2.45) is 11.7 Å². The lowest BCUT2D eigenvalue weighted by Gasteiger charge is -2.09. The minimum Gasteiger partial charge on any atom is -0.328 e. The molecule has 0 saturated heterocycles. The maximum atomic E-state index is 12.1. The van der Waals surface area contributed by atoms with E-state index in [9.17, 15) is 13.2 Å². The molecule has 0 spiro atoms. The lowest BCUT2D eigenvalue weighted by molar-refractivity contribution is -0.116. The number of hydrogen-bond donors (Lipinski definition) is 3. The normalized spacial score (nSPS) is 16.3. The number of benzene rings is 1. The van der Waals surface area contributed by atoms with Crippen LogP contribution >= 0.6 is 0 Å². The molecule has 122 valence electrons. The van der Waals surface area contributed by atoms with Crippen LogP contribution in [0.4, 0.5) is 5.69 Å². The number of anilines is 1. The van der Waals surface area contributed by atoms with Gasteiger partial charge in [-0.3, -0.25) is 4.79 Å². The maximum absolute atomic E-state index is 12.1. The second-order valence-electron chi connectivity index (χ2n) is 5.88. The molecule has 1 fully saturated rings. The Kier molecular flexibility index (Phi) is 5.55. The summed E-state index contributed by atoms with van der Waals surface area (Å²) in [6, 6.07) is 6.16.